The monoisotopic (exact) mass is 400 g/mol. The summed E-state index contributed by atoms with van der Waals surface area (Å²) in [5, 5.41) is 10.5. The lowest BCUT2D eigenvalue weighted by atomic mass is 9.98. The van der Waals surface area contributed by atoms with Crippen LogP contribution in [-0.4, -0.2) is 47.5 Å². The second kappa shape index (κ2) is 10.5. The molecule has 0 aliphatic carbocycles. The average Bonchev–Trinajstić information content (AvgIpc) is 2.59. The first-order valence-electron chi connectivity index (χ1n) is 11.0. The Hall–Kier alpha value is -2.24. The Bertz CT molecular complexity index is 718. The van der Waals surface area contributed by atoms with E-state index in [0.29, 0.717) is 12.1 Å². The molecule has 3 N–H and O–H groups in total. The predicted octanol–water partition coefficient (Wildman–Crippen LogP) is 3.98. The van der Waals surface area contributed by atoms with Gasteiger partial charge in [0.25, 0.3) is 0 Å². The Morgan fingerprint density at radius 3 is 2.14 bits per heavy atom. The first kappa shape index (κ1) is 23.0. The summed E-state index contributed by atoms with van der Waals surface area (Å²) in [5.74, 6) is 1.84. The maximum Gasteiger partial charge on any atom is 0.196 e. The van der Waals surface area contributed by atoms with E-state index in [1.165, 1.54) is 11.1 Å². The molecule has 1 aliphatic heterocycles. The molecule has 1 heterocycles. The maximum absolute atomic E-state index is 4.84. The SMILES string of the molecule is CC(C)N=C(Nc1cccc2c1CCN(C(=NC(C)C)NC(C)C)C2)NC(C)C. The number of nitrogens with zero attached hydrogens (tertiary/aromatic N) is 3. The molecule has 0 bridgehead atoms. The highest BCUT2D eigenvalue weighted by molar-refractivity contribution is 5.95. The van der Waals surface area contributed by atoms with Crippen molar-refractivity contribution in [3.05, 3.63) is 29.3 Å². The average molecular weight is 401 g/mol. The zero-order valence-corrected chi connectivity index (χ0v) is 19.5. The van der Waals surface area contributed by atoms with Crippen molar-refractivity contribution in [3.8, 4) is 0 Å². The Balaban J connectivity index is 2.25. The molecule has 1 aromatic carbocycles. The number of aliphatic imine (C=N–C) groups is 2. The molecule has 29 heavy (non-hydrogen) atoms. The van der Waals surface area contributed by atoms with Gasteiger partial charge in [-0.2, -0.15) is 0 Å². The minimum absolute atomic E-state index is 0.232. The Morgan fingerprint density at radius 1 is 0.897 bits per heavy atom. The van der Waals surface area contributed by atoms with Crippen molar-refractivity contribution in [3.63, 3.8) is 0 Å². The second-order valence-corrected chi connectivity index (χ2v) is 8.96. The van der Waals surface area contributed by atoms with Gasteiger partial charge in [0.2, 0.25) is 0 Å². The number of hydrogen-bond donors (Lipinski definition) is 3. The molecule has 0 unspecified atom stereocenters. The number of hydrogen-bond acceptors (Lipinski definition) is 2. The molecule has 1 aliphatic rings. The number of fused-ring (bicyclic) bond motifs is 1. The van der Waals surface area contributed by atoms with Gasteiger partial charge in [0.05, 0.1) is 0 Å². The molecule has 1 aromatic rings. The molecular formula is C23H40N6. The molecule has 0 spiro atoms. The number of anilines is 1. The van der Waals surface area contributed by atoms with E-state index < -0.39 is 0 Å². The van der Waals surface area contributed by atoms with Crippen LogP contribution in [0.1, 0.15) is 66.5 Å². The van der Waals surface area contributed by atoms with Crippen LogP contribution in [0.2, 0.25) is 0 Å². The van der Waals surface area contributed by atoms with Crippen LogP contribution < -0.4 is 16.0 Å². The molecule has 0 fully saturated rings. The first-order chi connectivity index (χ1) is 13.7. The molecule has 162 valence electrons. The first-order valence-corrected chi connectivity index (χ1v) is 11.0. The fourth-order valence-corrected chi connectivity index (χ4v) is 3.39. The lowest BCUT2D eigenvalue weighted by molar-refractivity contribution is 0.372. The van der Waals surface area contributed by atoms with Crippen molar-refractivity contribution >= 4 is 17.6 Å². The van der Waals surface area contributed by atoms with Crippen molar-refractivity contribution in [1.82, 2.24) is 15.5 Å². The van der Waals surface area contributed by atoms with Crippen LogP contribution in [0.4, 0.5) is 5.69 Å². The Morgan fingerprint density at radius 2 is 1.55 bits per heavy atom. The number of guanidine groups is 2. The molecular weight excluding hydrogens is 360 g/mol. The molecule has 2 rings (SSSR count). The number of benzene rings is 1. The molecule has 0 saturated heterocycles. The molecule has 0 amide bonds. The summed E-state index contributed by atoms with van der Waals surface area (Å²) < 4.78 is 0. The minimum Gasteiger partial charge on any atom is -0.354 e. The van der Waals surface area contributed by atoms with Crippen LogP contribution in [0.25, 0.3) is 0 Å². The normalized spacial score (nSPS) is 15.4. The topological polar surface area (TPSA) is 64.0 Å². The van der Waals surface area contributed by atoms with E-state index in [-0.39, 0.29) is 12.1 Å². The summed E-state index contributed by atoms with van der Waals surface area (Å²) in [6, 6.07) is 7.69. The van der Waals surface area contributed by atoms with E-state index in [4.69, 9.17) is 9.98 Å². The zero-order chi connectivity index (χ0) is 21.6. The predicted molar refractivity (Wildman–Crippen MR) is 126 cm³/mol. The number of rotatable bonds is 5. The van der Waals surface area contributed by atoms with E-state index in [0.717, 1.165) is 37.1 Å². The fourth-order valence-electron chi connectivity index (χ4n) is 3.39. The van der Waals surface area contributed by atoms with E-state index in [1.54, 1.807) is 0 Å². The van der Waals surface area contributed by atoms with Gasteiger partial charge >= 0.3 is 0 Å². The summed E-state index contributed by atoms with van der Waals surface area (Å²) in [5.41, 5.74) is 3.87. The summed E-state index contributed by atoms with van der Waals surface area (Å²) in [7, 11) is 0. The molecule has 0 radical (unpaired) electrons. The Labute approximate surface area is 177 Å². The van der Waals surface area contributed by atoms with Gasteiger partial charge in [0.1, 0.15) is 0 Å². The van der Waals surface area contributed by atoms with E-state index in [1.807, 2.05) is 0 Å². The minimum atomic E-state index is 0.232. The summed E-state index contributed by atoms with van der Waals surface area (Å²) in [6.07, 6.45) is 0.978. The highest BCUT2D eigenvalue weighted by Gasteiger charge is 2.22. The van der Waals surface area contributed by atoms with Crippen LogP contribution in [-0.2, 0) is 13.0 Å². The van der Waals surface area contributed by atoms with Crippen LogP contribution >= 0.6 is 0 Å². The van der Waals surface area contributed by atoms with Crippen LogP contribution in [0, 0.1) is 0 Å². The highest BCUT2D eigenvalue weighted by Crippen LogP contribution is 2.26. The van der Waals surface area contributed by atoms with Gasteiger partial charge in [-0.3, -0.25) is 9.98 Å². The third-order valence-electron chi connectivity index (χ3n) is 4.43. The second-order valence-electron chi connectivity index (χ2n) is 8.96. The van der Waals surface area contributed by atoms with Gasteiger partial charge in [0, 0.05) is 42.9 Å². The van der Waals surface area contributed by atoms with Crippen LogP contribution in [0.5, 0.6) is 0 Å². The van der Waals surface area contributed by atoms with Crippen LogP contribution in [0.15, 0.2) is 28.2 Å². The third-order valence-corrected chi connectivity index (χ3v) is 4.43. The summed E-state index contributed by atoms with van der Waals surface area (Å²) in [6.45, 7) is 18.8. The molecule has 0 saturated carbocycles. The van der Waals surface area contributed by atoms with Gasteiger partial charge in [-0.15, -0.1) is 0 Å². The van der Waals surface area contributed by atoms with Gasteiger partial charge in [0.15, 0.2) is 11.9 Å². The van der Waals surface area contributed by atoms with Crippen molar-refractivity contribution < 1.29 is 0 Å². The molecule has 0 atom stereocenters. The Kier molecular flexibility index (Phi) is 8.35. The number of nitrogens with one attached hydrogen (secondary N) is 3. The fraction of sp³-hybridized carbons (Fsp3) is 0.652. The lowest BCUT2D eigenvalue weighted by Gasteiger charge is -2.34. The van der Waals surface area contributed by atoms with E-state index >= 15 is 0 Å². The van der Waals surface area contributed by atoms with Crippen molar-refractivity contribution in [1.29, 1.82) is 0 Å². The van der Waals surface area contributed by atoms with Crippen molar-refractivity contribution in [2.45, 2.75) is 92.5 Å². The van der Waals surface area contributed by atoms with Gasteiger partial charge < -0.3 is 20.9 Å². The third kappa shape index (κ3) is 7.26. The smallest absolute Gasteiger partial charge is 0.196 e. The van der Waals surface area contributed by atoms with E-state index in [9.17, 15) is 0 Å². The van der Waals surface area contributed by atoms with Crippen molar-refractivity contribution in [2.24, 2.45) is 9.98 Å². The summed E-state index contributed by atoms with van der Waals surface area (Å²) >= 11 is 0. The lowest BCUT2D eigenvalue weighted by Crippen LogP contribution is -2.47. The molecule has 6 nitrogen and oxygen atoms in total. The largest absolute Gasteiger partial charge is 0.354 e. The zero-order valence-electron chi connectivity index (χ0n) is 19.5. The van der Waals surface area contributed by atoms with Crippen LogP contribution in [0.3, 0.4) is 0 Å². The standard InChI is InChI=1S/C23H40N6/c1-15(2)24-22(25-16(3)4)28-21-11-9-10-19-14-29(13-12-20(19)21)23(26-17(5)6)27-18(7)8/h9-11,15-18H,12-14H2,1-8H3,(H,26,27)(H2,24,25,28). The summed E-state index contributed by atoms with van der Waals surface area (Å²) in [4.78, 5) is 11.9. The van der Waals surface area contributed by atoms with Crippen molar-refractivity contribution in [2.75, 3.05) is 11.9 Å². The maximum atomic E-state index is 4.84. The van der Waals surface area contributed by atoms with Gasteiger partial charge in [-0.25, -0.2) is 0 Å². The highest BCUT2D eigenvalue weighted by atomic mass is 15.3. The van der Waals surface area contributed by atoms with Gasteiger partial charge in [-0.05, 0) is 79.0 Å². The molecule has 6 heteroatoms. The quantitative estimate of drug-likeness (QED) is 0.517. The van der Waals surface area contributed by atoms with Gasteiger partial charge in [-0.1, -0.05) is 12.1 Å². The van der Waals surface area contributed by atoms with E-state index in [2.05, 4.69) is 94.4 Å². The molecule has 0 aromatic heterocycles.